The summed E-state index contributed by atoms with van der Waals surface area (Å²) in [7, 11) is 0. The number of fused-ring (bicyclic) bond motifs is 1. The molecule has 3 heterocycles. The van der Waals surface area contributed by atoms with E-state index >= 15 is 0 Å². The topological polar surface area (TPSA) is 113 Å². The second-order valence-electron chi connectivity index (χ2n) is 9.32. The van der Waals surface area contributed by atoms with Crippen molar-refractivity contribution in [3.05, 3.63) is 69.1 Å². The van der Waals surface area contributed by atoms with E-state index in [1.54, 1.807) is 24.5 Å². The molecular weight excluding hydrogens is 573 g/mol. The summed E-state index contributed by atoms with van der Waals surface area (Å²) in [6.07, 6.45) is 8.42. The van der Waals surface area contributed by atoms with Crippen LogP contribution < -0.4 is 15.4 Å². The fourth-order valence-corrected chi connectivity index (χ4v) is 5.42. The number of aliphatic hydroxyl groups excluding tert-OH is 1. The second kappa shape index (κ2) is 11.6. The van der Waals surface area contributed by atoms with E-state index in [0.29, 0.717) is 30.5 Å². The summed E-state index contributed by atoms with van der Waals surface area (Å²) in [5.41, 5.74) is 3.06. The van der Waals surface area contributed by atoms with Gasteiger partial charge in [-0.15, -0.1) is 0 Å². The zero-order valence-corrected chi connectivity index (χ0v) is 22.1. The number of pyridine rings is 1. The molecule has 2 aromatic heterocycles. The quantitative estimate of drug-likeness (QED) is 0.303. The van der Waals surface area contributed by atoms with Gasteiger partial charge in [-0.1, -0.05) is 6.07 Å². The van der Waals surface area contributed by atoms with Gasteiger partial charge in [0.1, 0.15) is 18.2 Å². The lowest BCUT2D eigenvalue weighted by Gasteiger charge is -2.31. The molecule has 9 nitrogen and oxygen atoms in total. The number of hydrogen-bond acceptors (Lipinski definition) is 8. The van der Waals surface area contributed by atoms with Crippen molar-refractivity contribution in [2.45, 2.75) is 51.0 Å². The molecule has 3 aromatic rings. The molecule has 0 radical (unpaired) electrons. The first-order valence-corrected chi connectivity index (χ1v) is 13.3. The molecule has 1 aromatic carbocycles. The lowest BCUT2D eigenvalue weighted by atomic mass is 9.93. The van der Waals surface area contributed by atoms with Crippen molar-refractivity contribution in [3.63, 3.8) is 0 Å². The van der Waals surface area contributed by atoms with E-state index in [0.717, 1.165) is 47.5 Å². The molecule has 2 aliphatic rings. The maximum Gasteiger partial charge on any atom is 0.251 e. The summed E-state index contributed by atoms with van der Waals surface area (Å²) in [4.78, 5) is 23.0. The number of ether oxygens (including phenoxy) is 1. The number of benzene rings is 1. The van der Waals surface area contributed by atoms with Crippen molar-refractivity contribution in [3.8, 4) is 5.75 Å². The van der Waals surface area contributed by atoms with Gasteiger partial charge in [0.05, 0.1) is 15.9 Å². The van der Waals surface area contributed by atoms with Gasteiger partial charge in [-0.3, -0.25) is 9.69 Å². The Bertz CT molecular complexity index is 1190. The Kier molecular flexibility index (Phi) is 8.02. The van der Waals surface area contributed by atoms with Crippen molar-refractivity contribution in [2.24, 2.45) is 0 Å². The largest absolute Gasteiger partial charge is 0.484 e. The fraction of sp³-hybridized carbons (Fsp3) is 0.423. The second-order valence-corrected chi connectivity index (χ2v) is 10.4. The lowest BCUT2D eigenvalue weighted by Crippen LogP contribution is -2.42. The number of aromatic nitrogens is 2. The molecular formula is C26H30IN5O4. The Morgan fingerprint density at radius 1 is 1.33 bits per heavy atom. The summed E-state index contributed by atoms with van der Waals surface area (Å²) in [6.45, 7) is 2.61. The van der Waals surface area contributed by atoms with Crippen LogP contribution in [-0.4, -0.2) is 57.7 Å². The number of halogens is 1. The van der Waals surface area contributed by atoms with Crippen LogP contribution in [0.5, 0.6) is 5.75 Å². The van der Waals surface area contributed by atoms with Crippen LogP contribution in [0.15, 0.2) is 47.5 Å². The molecule has 1 fully saturated rings. The number of nitrogens with zero attached hydrogens (tertiary/aromatic N) is 3. The van der Waals surface area contributed by atoms with Gasteiger partial charge in [-0.2, -0.15) is 0 Å². The number of anilines is 1. The van der Waals surface area contributed by atoms with E-state index in [1.807, 2.05) is 6.07 Å². The molecule has 190 valence electrons. The minimum Gasteiger partial charge on any atom is -0.484 e. The van der Waals surface area contributed by atoms with Gasteiger partial charge in [0, 0.05) is 44.0 Å². The number of aliphatic hydroxyl groups is 1. The first-order valence-electron chi connectivity index (χ1n) is 12.3. The van der Waals surface area contributed by atoms with Crippen LogP contribution in [0.4, 0.5) is 5.82 Å². The predicted molar refractivity (Wildman–Crippen MR) is 143 cm³/mol. The average Bonchev–Trinajstić information content (AvgIpc) is 3.38. The predicted octanol–water partition coefficient (Wildman–Crippen LogP) is 3.37. The number of nitrogens with one attached hydrogen (secondary N) is 2. The highest BCUT2D eigenvalue weighted by Crippen LogP contribution is 2.31. The molecule has 0 saturated heterocycles. The highest BCUT2D eigenvalue weighted by Gasteiger charge is 2.23. The normalized spacial score (nSPS) is 16.6. The van der Waals surface area contributed by atoms with Crippen LogP contribution >= 0.6 is 22.6 Å². The van der Waals surface area contributed by atoms with E-state index in [4.69, 9.17) is 9.15 Å². The standard InChI is InChI=1S/C26H30IN5O4/c27-25-22-7-9-32(13-18(22)4-5-23(25)35-15-21-12-28-16-36-21)14-20(33)11-30-26(34)17-6-8-29-24(10-17)31-19-2-1-3-19/h4-6,8,10,12,16,19-20,33H,1-3,7,9,11,13-15H2,(H,29,31)(H,30,34). The van der Waals surface area contributed by atoms with E-state index in [-0.39, 0.29) is 12.5 Å². The monoisotopic (exact) mass is 603 g/mol. The number of carbonyl (C=O) groups is 1. The first kappa shape index (κ1) is 25.0. The molecule has 1 aliphatic carbocycles. The molecule has 36 heavy (non-hydrogen) atoms. The van der Waals surface area contributed by atoms with Crippen molar-refractivity contribution >= 4 is 34.3 Å². The number of hydrogen-bond donors (Lipinski definition) is 3. The van der Waals surface area contributed by atoms with E-state index < -0.39 is 6.10 Å². The third-order valence-electron chi connectivity index (χ3n) is 6.68. The third kappa shape index (κ3) is 6.16. The zero-order valence-electron chi connectivity index (χ0n) is 20.0. The molecule has 1 saturated carbocycles. The van der Waals surface area contributed by atoms with Crippen LogP contribution in [0.2, 0.25) is 0 Å². The molecule has 1 unspecified atom stereocenters. The smallest absolute Gasteiger partial charge is 0.251 e. The summed E-state index contributed by atoms with van der Waals surface area (Å²) in [5, 5.41) is 16.8. The molecule has 0 bridgehead atoms. The first-order chi connectivity index (χ1) is 17.5. The average molecular weight is 603 g/mol. The number of β-amino-alcohol motifs (C(OH)–C–C–N with tert-alkyl or cyclic N) is 1. The summed E-state index contributed by atoms with van der Waals surface area (Å²) in [6, 6.07) is 7.99. The Balaban J connectivity index is 1.10. The molecule has 1 atom stereocenters. The summed E-state index contributed by atoms with van der Waals surface area (Å²) in [5.74, 6) is 2.04. The molecule has 1 amide bonds. The van der Waals surface area contributed by atoms with Gasteiger partial charge in [0.25, 0.3) is 5.91 Å². The van der Waals surface area contributed by atoms with Crippen molar-refractivity contribution < 1.29 is 19.1 Å². The van der Waals surface area contributed by atoms with Crippen LogP contribution in [-0.2, 0) is 19.6 Å². The fourth-order valence-electron chi connectivity index (χ4n) is 4.47. The molecule has 0 spiro atoms. The van der Waals surface area contributed by atoms with Crippen LogP contribution in [0.1, 0.15) is 46.5 Å². The van der Waals surface area contributed by atoms with E-state index in [9.17, 15) is 9.90 Å². The zero-order chi connectivity index (χ0) is 24.9. The number of oxazole rings is 1. The molecule has 10 heteroatoms. The van der Waals surface area contributed by atoms with Crippen molar-refractivity contribution in [2.75, 3.05) is 25.0 Å². The van der Waals surface area contributed by atoms with Crippen LogP contribution in [0.25, 0.3) is 0 Å². The maximum absolute atomic E-state index is 12.6. The molecule has 3 N–H and O–H groups in total. The SMILES string of the molecule is O=C(NCC(O)CN1CCc2c(ccc(OCc3cnco3)c2I)C1)c1ccnc(NC2CCC2)c1. The molecule has 5 rings (SSSR count). The number of amides is 1. The van der Waals surface area contributed by atoms with Gasteiger partial charge in [0.15, 0.2) is 12.2 Å². The minimum absolute atomic E-state index is 0.196. The maximum atomic E-state index is 12.6. The van der Waals surface area contributed by atoms with Crippen LogP contribution in [0.3, 0.4) is 0 Å². The Hall–Kier alpha value is -2.70. The minimum atomic E-state index is -0.659. The third-order valence-corrected chi connectivity index (χ3v) is 7.86. The lowest BCUT2D eigenvalue weighted by molar-refractivity contribution is 0.0841. The van der Waals surface area contributed by atoms with Gasteiger partial charge in [-0.25, -0.2) is 9.97 Å². The molecule has 1 aliphatic heterocycles. The van der Waals surface area contributed by atoms with E-state index in [1.165, 1.54) is 23.9 Å². The van der Waals surface area contributed by atoms with E-state index in [2.05, 4.69) is 54.2 Å². The van der Waals surface area contributed by atoms with Gasteiger partial charge < -0.3 is 24.9 Å². The summed E-state index contributed by atoms with van der Waals surface area (Å²) >= 11 is 2.34. The Labute approximate surface area is 223 Å². The van der Waals surface area contributed by atoms with Crippen molar-refractivity contribution in [1.29, 1.82) is 0 Å². The number of rotatable bonds is 10. The van der Waals surface area contributed by atoms with Gasteiger partial charge in [0.2, 0.25) is 0 Å². The summed E-state index contributed by atoms with van der Waals surface area (Å²) < 4.78 is 12.3. The van der Waals surface area contributed by atoms with Crippen molar-refractivity contribution in [1.82, 2.24) is 20.2 Å². The highest BCUT2D eigenvalue weighted by molar-refractivity contribution is 14.1. The van der Waals surface area contributed by atoms with Gasteiger partial charge >= 0.3 is 0 Å². The Morgan fingerprint density at radius 3 is 3.00 bits per heavy atom. The van der Waals surface area contributed by atoms with Crippen LogP contribution in [0, 0.1) is 3.57 Å². The number of carbonyl (C=O) groups excluding carboxylic acids is 1. The highest BCUT2D eigenvalue weighted by atomic mass is 127. The Morgan fingerprint density at radius 2 is 2.22 bits per heavy atom. The van der Waals surface area contributed by atoms with Gasteiger partial charge in [-0.05, 0) is 77.6 Å².